The molecule has 0 atom stereocenters. The van der Waals surface area contributed by atoms with Crippen molar-refractivity contribution in [3.8, 4) is 11.4 Å². The molecular weight excluding hydrogens is 292 g/mol. The van der Waals surface area contributed by atoms with Gasteiger partial charge in [-0.3, -0.25) is 0 Å². The highest BCUT2D eigenvalue weighted by molar-refractivity contribution is 9.10. The van der Waals surface area contributed by atoms with Crippen LogP contribution in [0.2, 0.25) is 0 Å². The van der Waals surface area contributed by atoms with Crippen LogP contribution in [0.15, 0.2) is 22.7 Å². The van der Waals surface area contributed by atoms with E-state index in [0.29, 0.717) is 0 Å². The molecule has 0 bridgehead atoms. The number of aromatic nitrogens is 3. The van der Waals surface area contributed by atoms with E-state index in [1.165, 1.54) is 19.3 Å². The average molecular weight is 307 g/mol. The Hall–Kier alpha value is -1.36. The molecule has 0 amide bonds. The average Bonchev–Trinajstić information content (AvgIpc) is 2.61. The summed E-state index contributed by atoms with van der Waals surface area (Å²) >= 11 is 3.48. The van der Waals surface area contributed by atoms with Crippen LogP contribution in [0.1, 0.15) is 25.1 Å². The normalized spacial score (nSPS) is 15.2. The molecule has 0 saturated heterocycles. The predicted octanol–water partition coefficient (Wildman–Crippen LogP) is 3.02. The van der Waals surface area contributed by atoms with Gasteiger partial charge in [-0.2, -0.15) is 0 Å². The van der Waals surface area contributed by atoms with E-state index >= 15 is 0 Å². The fourth-order valence-corrected chi connectivity index (χ4v) is 2.77. The van der Waals surface area contributed by atoms with Gasteiger partial charge in [0.25, 0.3) is 0 Å². The molecule has 0 fully saturated rings. The third-order valence-electron chi connectivity index (χ3n) is 3.37. The summed E-state index contributed by atoms with van der Waals surface area (Å²) in [5, 5.41) is 8.63. The lowest BCUT2D eigenvalue weighted by Crippen LogP contribution is -2.04. The van der Waals surface area contributed by atoms with Gasteiger partial charge in [-0.05, 0) is 31.0 Å². The Morgan fingerprint density at radius 2 is 2.06 bits per heavy atom. The highest BCUT2D eigenvalue weighted by atomic mass is 79.9. The molecule has 0 unspecified atom stereocenters. The second-order valence-corrected chi connectivity index (χ2v) is 5.55. The Kier molecular flexibility index (Phi) is 3.07. The van der Waals surface area contributed by atoms with Gasteiger partial charge in [-0.1, -0.05) is 22.4 Å². The molecule has 5 heteroatoms. The molecule has 1 aliphatic rings. The first kappa shape index (κ1) is 11.7. The first-order chi connectivity index (χ1) is 8.75. The second-order valence-electron chi connectivity index (χ2n) is 4.63. The highest BCUT2D eigenvalue weighted by Gasteiger charge is 2.17. The predicted molar refractivity (Wildman–Crippen MR) is 75.1 cm³/mol. The van der Waals surface area contributed by atoms with Crippen molar-refractivity contribution < 1.29 is 0 Å². The fourth-order valence-electron chi connectivity index (χ4n) is 2.41. The number of nitrogen functional groups attached to an aromatic ring is 1. The van der Waals surface area contributed by atoms with Gasteiger partial charge in [0.05, 0.1) is 0 Å². The fraction of sp³-hybridized carbons (Fsp3) is 0.385. The molecule has 94 valence electrons. The molecule has 1 aromatic heterocycles. The van der Waals surface area contributed by atoms with Crippen molar-refractivity contribution in [1.82, 2.24) is 14.8 Å². The van der Waals surface area contributed by atoms with Crippen LogP contribution in [-0.2, 0) is 13.0 Å². The van der Waals surface area contributed by atoms with Gasteiger partial charge in [0.2, 0.25) is 0 Å². The maximum Gasteiger partial charge on any atom is 0.166 e. The number of anilines is 1. The number of fused-ring (bicyclic) bond motifs is 1. The Balaban J connectivity index is 2.12. The summed E-state index contributed by atoms with van der Waals surface area (Å²) in [6, 6.07) is 5.85. The Labute approximate surface area is 114 Å². The van der Waals surface area contributed by atoms with E-state index in [-0.39, 0.29) is 0 Å². The summed E-state index contributed by atoms with van der Waals surface area (Å²) in [6.45, 7) is 0.990. The largest absolute Gasteiger partial charge is 0.398 e. The number of nitrogens with zero attached hydrogens (tertiary/aromatic N) is 3. The Morgan fingerprint density at radius 1 is 1.17 bits per heavy atom. The van der Waals surface area contributed by atoms with Crippen LogP contribution < -0.4 is 5.73 Å². The minimum absolute atomic E-state index is 0.748. The number of halogens is 1. The van der Waals surface area contributed by atoms with E-state index in [2.05, 4.69) is 30.7 Å². The lowest BCUT2D eigenvalue weighted by atomic mass is 10.1. The standard InChI is InChI=1S/C13H15BrN4/c14-9-5-6-11(15)10(8-9)13-17-16-12-4-2-1-3-7-18(12)13/h5-6,8H,1-4,7,15H2. The molecule has 2 heterocycles. The van der Waals surface area contributed by atoms with Crippen molar-refractivity contribution in [1.29, 1.82) is 0 Å². The summed E-state index contributed by atoms with van der Waals surface area (Å²) in [5.74, 6) is 1.98. The van der Waals surface area contributed by atoms with Gasteiger partial charge in [0.1, 0.15) is 5.82 Å². The Bertz CT molecular complexity index is 576. The Morgan fingerprint density at radius 3 is 2.94 bits per heavy atom. The molecule has 2 N–H and O–H groups in total. The molecule has 4 nitrogen and oxygen atoms in total. The van der Waals surface area contributed by atoms with Crippen LogP contribution in [-0.4, -0.2) is 14.8 Å². The van der Waals surface area contributed by atoms with E-state index in [0.717, 1.165) is 40.3 Å². The first-order valence-corrected chi connectivity index (χ1v) is 7.02. The van der Waals surface area contributed by atoms with E-state index < -0.39 is 0 Å². The molecule has 0 aliphatic carbocycles. The molecule has 0 radical (unpaired) electrons. The molecule has 0 spiro atoms. The van der Waals surface area contributed by atoms with Gasteiger partial charge < -0.3 is 10.3 Å². The zero-order valence-corrected chi connectivity index (χ0v) is 11.7. The van der Waals surface area contributed by atoms with Gasteiger partial charge >= 0.3 is 0 Å². The lowest BCUT2D eigenvalue weighted by Gasteiger charge is -2.09. The van der Waals surface area contributed by atoms with Crippen molar-refractivity contribution in [2.75, 3.05) is 5.73 Å². The first-order valence-electron chi connectivity index (χ1n) is 6.23. The number of benzene rings is 1. The second kappa shape index (κ2) is 4.72. The number of hydrogen-bond acceptors (Lipinski definition) is 3. The van der Waals surface area contributed by atoms with Crippen LogP contribution >= 0.6 is 15.9 Å². The number of nitrogens with two attached hydrogens (primary N) is 1. The highest BCUT2D eigenvalue weighted by Crippen LogP contribution is 2.29. The minimum Gasteiger partial charge on any atom is -0.398 e. The van der Waals surface area contributed by atoms with Crippen molar-refractivity contribution >= 4 is 21.6 Å². The summed E-state index contributed by atoms with van der Waals surface area (Å²) in [5.41, 5.74) is 7.76. The van der Waals surface area contributed by atoms with Crippen molar-refractivity contribution in [3.05, 3.63) is 28.5 Å². The maximum absolute atomic E-state index is 6.05. The third-order valence-corrected chi connectivity index (χ3v) is 3.86. The summed E-state index contributed by atoms with van der Waals surface area (Å²) in [7, 11) is 0. The van der Waals surface area contributed by atoms with Crippen LogP contribution in [0.5, 0.6) is 0 Å². The van der Waals surface area contributed by atoms with Gasteiger partial charge in [0.15, 0.2) is 5.82 Å². The summed E-state index contributed by atoms with van der Waals surface area (Å²) in [4.78, 5) is 0. The van der Waals surface area contributed by atoms with Crippen molar-refractivity contribution in [3.63, 3.8) is 0 Å². The monoisotopic (exact) mass is 306 g/mol. The molecule has 1 aromatic carbocycles. The SMILES string of the molecule is Nc1ccc(Br)cc1-c1nnc2n1CCCCC2. The quantitative estimate of drug-likeness (QED) is 0.824. The van der Waals surface area contributed by atoms with Gasteiger partial charge in [-0.25, -0.2) is 0 Å². The summed E-state index contributed by atoms with van der Waals surface area (Å²) in [6.07, 6.45) is 4.66. The zero-order valence-electron chi connectivity index (χ0n) is 10.1. The van der Waals surface area contributed by atoms with Crippen LogP contribution in [0.25, 0.3) is 11.4 Å². The lowest BCUT2D eigenvalue weighted by molar-refractivity contribution is 0.637. The van der Waals surface area contributed by atoms with Gasteiger partial charge in [-0.15, -0.1) is 10.2 Å². The topological polar surface area (TPSA) is 56.7 Å². The molecule has 18 heavy (non-hydrogen) atoms. The van der Waals surface area contributed by atoms with Crippen molar-refractivity contribution in [2.45, 2.75) is 32.2 Å². The van der Waals surface area contributed by atoms with Gasteiger partial charge in [0, 0.05) is 28.7 Å². The van der Waals surface area contributed by atoms with E-state index in [4.69, 9.17) is 5.73 Å². The maximum atomic E-state index is 6.05. The van der Waals surface area contributed by atoms with Crippen LogP contribution in [0, 0.1) is 0 Å². The number of hydrogen-bond donors (Lipinski definition) is 1. The molecule has 3 rings (SSSR count). The van der Waals surface area contributed by atoms with Crippen LogP contribution in [0.3, 0.4) is 0 Å². The van der Waals surface area contributed by atoms with E-state index in [9.17, 15) is 0 Å². The number of rotatable bonds is 1. The van der Waals surface area contributed by atoms with Crippen molar-refractivity contribution in [2.24, 2.45) is 0 Å². The van der Waals surface area contributed by atoms with E-state index in [1.54, 1.807) is 0 Å². The van der Waals surface area contributed by atoms with Crippen LogP contribution in [0.4, 0.5) is 5.69 Å². The zero-order chi connectivity index (χ0) is 12.5. The smallest absolute Gasteiger partial charge is 0.166 e. The molecular formula is C13H15BrN4. The minimum atomic E-state index is 0.748. The molecule has 1 aliphatic heterocycles. The van der Waals surface area contributed by atoms with E-state index in [1.807, 2.05) is 18.2 Å². The third kappa shape index (κ3) is 2.03. The number of aryl methyl sites for hydroxylation is 1. The molecule has 2 aromatic rings. The molecule has 0 saturated carbocycles. The summed E-state index contributed by atoms with van der Waals surface area (Å²) < 4.78 is 3.23.